The molecule has 1 saturated heterocycles. The van der Waals surface area contributed by atoms with E-state index in [1.165, 1.54) is 32.4 Å². The van der Waals surface area contributed by atoms with Gasteiger partial charge in [-0.25, -0.2) is 4.98 Å². The first-order valence-corrected chi connectivity index (χ1v) is 6.94. The third-order valence-corrected chi connectivity index (χ3v) is 3.32. The van der Waals surface area contributed by atoms with Crippen molar-refractivity contribution in [2.75, 3.05) is 31.5 Å². The normalized spacial score (nSPS) is 16.2. The summed E-state index contributed by atoms with van der Waals surface area (Å²) in [5.41, 5.74) is 0. The minimum atomic E-state index is 0.644. The van der Waals surface area contributed by atoms with Crippen LogP contribution in [0.3, 0.4) is 0 Å². The van der Waals surface area contributed by atoms with Gasteiger partial charge in [0.1, 0.15) is 5.82 Å². The fourth-order valence-electron chi connectivity index (χ4n) is 2.11. The number of thiocarbonyl (C=S) groups is 1. The Kier molecular flexibility index (Phi) is 5.36. The predicted molar refractivity (Wildman–Crippen MR) is 78.8 cm³/mol. The molecule has 0 aromatic carbocycles. The van der Waals surface area contributed by atoms with Crippen LogP contribution in [-0.2, 0) is 0 Å². The first-order valence-electron chi connectivity index (χ1n) is 6.53. The van der Waals surface area contributed by atoms with Gasteiger partial charge in [0.2, 0.25) is 0 Å². The lowest BCUT2D eigenvalue weighted by Crippen LogP contribution is -2.39. The second-order valence-corrected chi connectivity index (χ2v) is 4.91. The number of hydrogen-bond acceptors (Lipinski definition) is 3. The molecule has 0 amide bonds. The molecule has 0 spiro atoms. The van der Waals surface area contributed by atoms with Crippen LogP contribution < -0.4 is 10.6 Å². The molecule has 18 heavy (non-hydrogen) atoms. The molecule has 0 radical (unpaired) electrons. The molecule has 1 aliphatic rings. The molecule has 4 nitrogen and oxygen atoms in total. The summed E-state index contributed by atoms with van der Waals surface area (Å²) in [6, 6.07) is 5.72. The molecule has 2 N–H and O–H groups in total. The maximum atomic E-state index is 5.22. The maximum Gasteiger partial charge on any atom is 0.171 e. The highest BCUT2D eigenvalue weighted by molar-refractivity contribution is 7.80. The number of piperidine rings is 1. The molecule has 2 rings (SSSR count). The molecule has 98 valence electrons. The van der Waals surface area contributed by atoms with Crippen LogP contribution in [0.25, 0.3) is 0 Å². The predicted octanol–water partition coefficient (Wildman–Crippen LogP) is 1.85. The van der Waals surface area contributed by atoms with Crippen LogP contribution in [0.1, 0.15) is 19.3 Å². The molecule has 1 aliphatic heterocycles. The van der Waals surface area contributed by atoms with Crippen molar-refractivity contribution in [1.82, 2.24) is 15.2 Å². The zero-order valence-electron chi connectivity index (χ0n) is 10.6. The van der Waals surface area contributed by atoms with Crippen LogP contribution in [0.5, 0.6) is 0 Å². The number of nitrogens with zero attached hydrogens (tertiary/aromatic N) is 2. The Morgan fingerprint density at radius 2 is 2.11 bits per heavy atom. The molecule has 0 atom stereocenters. The molecule has 1 aromatic heterocycles. The monoisotopic (exact) mass is 264 g/mol. The molecule has 5 heteroatoms. The zero-order chi connectivity index (χ0) is 12.6. The maximum absolute atomic E-state index is 5.22. The fraction of sp³-hybridized carbons (Fsp3) is 0.538. The summed E-state index contributed by atoms with van der Waals surface area (Å²) in [5.74, 6) is 0.785. The molecule has 1 aromatic rings. The second kappa shape index (κ2) is 7.28. The standard InChI is InChI=1S/C13H20N4S/c18-13(16-12-6-2-3-7-14-12)15-8-11-17-9-4-1-5-10-17/h2-3,6-7H,1,4-5,8-11H2,(H2,14,15,16,18). The minimum Gasteiger partial charge on any atom is -0.361 e. The highest BCUT2D eigenvalue weighted by Gasteiger charge is 2.09. The third-order valence-electron chi connectivity index (χ3n) is 3.07. The largest absolute Gasteiger partial charge is 0.361 e. The van der Waals surface area contributed by atoms with Gasteiger partial charge >= 0.3 is 0 Å². The summed E-state index contributed by atoms with van der Waals surface area (Å²) in [4.78, 5) is 6.65. The molecule has 0 saturated carbocycles. The van der Waals surface area contributed by atoms with Crippen molar-refractivity contribution in [3.05, 3.63) is 24.4 Å². The molecule has 0 bridgehead atoms. The van der Waals surface area contributed by atoms with Crippen molar-refractivity contribution in [2.24, 2.45) is 0 Å². The average molecular weight is 264 g/mol. The van der Waals surface area contributed by atoms with Gasteiger partial charge in [-0.15, -0.1) is 0 Å². The van der Waals surface area contributed by atoms with Crippen LogP contribution >= 0.6 is 12.2 Å². The van der Waals surface area contributed by atoms with Gasteiger partial charge < -0.3 is 15.5 Å². The number of anilines is 1. The second-order valence-electron chi connectivity index (χ2n) is 4.50. The lowest BCUT2D eigenvalue weighted by molar-refractivity contribution is 0.232. The average Bonchev–Trinajstić information content (AvgIpc) is 2.41. The summed E-state index contributed by atoms with van der Waals surface area (Å²) in [5, 5.41) is 6.93. The molecule has 0 unspecified atom stereocenters. The Hall–Kier alpha value is -1.20. The first kappa shape index (κ1) is 13.2. The summed E-state index contributed by atoms with van der Waals surface area (Å²) in [6.07, 6.45) is 5.79. The van der Waals surface area contributed by atoms with E-state index in [2.05, 4.69) is 20.5 Å². The van der Waals surface area contributed by atoms with E-state index in [9.17, 15) is 0 Å². The molecule has 1 fully saturated rings. The fourth-order valence-corrected chi connectivity index (χ4v) is 2.31. The number of rotatable bonds is 4. The van der Waals surface area contributed by atoms with E-state index < -0.39 is 0 Å². The summed E-state index contributed by atoms with van der Waals surface area (Å²) >= 11 is 5.22. The number of likely N-dealkylation sites (tertiary alicyclic amines) is 1. The Labute approximate surface area is 114 Å². The summed E-state index contributed by atoms with van der Waals surface area (Å²) in [6.45, 7) is 4.40. The quantitative estimate of drug-likeness (QED) is 0.812. The van der Waals surface area contributed by atoms with Gasteiger partial charge in [-0.1, -0.05) is 12.5 Å². The highest BCUT2D eigenvalue weighted by atomic mass is 32.1. The molecule has 0 aliphatic carbocycles. The van der Waals surface area contributed by atoms with Gasteiger partial charge in [-0.3, -0.25) is 0 Å². The van der Waals surface area contributed by atoms with Crippen molar-refractivity contribution in [3.8, 4) is 0 Å². The summed E-state index contributed by atoms with van der Waals surface area (Å²) < 4.78 is 0. The van der Waals surface area contributed by atoms with Crippen LogP contribution in [0, 0.1) is 0 Å². The van der Waals surface area contributed by atoms with Crippen LogP contribution in [0.2, 0.25) is 0 Å². The van der Waals surface area contributed by atoms with E-state index >= 15 is 0 Å². The van der Waals surface area contributed by atoms with Gasteiger partial charge in [-0.05, 0) is 50.3 Å². The van der Waals surface area contributed by atoms with Crippen molar-refractivity contribution in [2.45, 2.75) is 19.3 Å². The van der Waals surface area contributed by atoms with E-state index in [1.807, 2.05) is 18.2 Å². The lowest BCUT2D eigenvalue weighted by Gasteiger charge is -2.26. The number of nitrogens with one attached hydrogen (secondary N) is 2. The Bertz CT molecular complexity index is 363. The number of aromatic nitrogens is 1. The highest BCUT2D eigenvalue weighted by Crippen LogP contribution is 2.07. The van der Waals surface area contributed by atoms with Gasteiger partial charge in [0.05, 0.1) is 0 Å². The smallest absolute Gasteiger partial charge is 0.171 e. The molecule has 2 heterocycles. The zero-order valence-corrected chi connectivity index (χ0v) is 11.4. The van der Waals surface area contributed by atoms with Crippen molar-refractivity contribution < 1.29 is 0 Å². The van der Waals surface area contributed by atoms with Crippen molar-refractivity contribution in [1.29, 1.82) is 0 Å². The van der Waals surface area contributed by atoms with Gasteiger partial charge in [0.25, 0.3) is 0 Å². The van der Waals surface area contributed by atoms with Gasteiger partial charge in [0, 0.05) is 19.3 Å². The first-order chi connectivity index (χ1) is 8.84. The number of hydrogen-bond donors (Lipinski definition) is 2. The van der Waals surface area contributed by atoms with E-state index in [-0.39, 0.29) is 0 Å². The number of pyridine rings is 1. The SMILES string of the molecule is S=C(NCCN1CCCCC1)Nc1ccccn1. The molecular formula is C13H20N4S. The lowest BCUT2D eigenvalue weighted by atomic mass is 10.1. The van der Waals surface area contributed by atoms with Crippen LogP contribution in [0.15, 0.2) is 24.4 Å². The van der Waals surface area contributed by atoms with Gasteiger partial charge in [-0.2, -0.15) is 0 Å². The van der Waals surface area contributed by atoms with E-state index in [0.717, 1.165) is 18.9 Å². The van der Waals surface area contributed by atoms with Crippen molar-refractivity contribution >= 4 is 23.1 Å². The van der Waals surface area contributed by atoms with Crippen molar-refractivity contribution in [3.63, 3.8) is 0 Å². The van der Waals surface area contributed by atoms with E-state index in [1.54, 1.807) is 6.20 Å². The minimum absolute atomic E-state index is 0.644. The Morgan fingerprint density at radius 3 is 2.83 bits per heavy atom. The van der Waals surface area contributed by atoms with E-state index in [4.69, 9.17) is 12.2 Å². The van der Waals surface area contributed by atoms with Crippen LogP contribution in [-0.4, -0.2) is 41.2 Å². The van der Waals surface area contributed by atoms with Gasteiger partial charge in [0.15, 0.2) is 5.11 Å². The van der Waals surface area contributed by atoms with Crippen LogP contribution in [0.4, 0.5) is 5.82 Å². The molecular weight excluding hydrogens is 244 g/mol. The summed E-state index contributed by atoms with van der Waals surface area (Å²) in [7, 11) is 0. The Balaban J connectivity index is 1.62. The topological polar surface area (TPSA) is 40.2 Å². The third kappa shape index (κ3) is 4.58. The Morgan fingerprint density at radius 1 is 1.28 bits per heavy atom. The van der Waals surface area contributed by atoms with E-state index in [0.29, 0.717) is 5.11 Å².